The van der Waals surface area contributed by atoms with E-state index >= 15 is 0 Å². The molecule has 0 spiro atoms. The molecular formula is C36H32ClF3N4O5S. The Morgan fingerprint density at radius 1 is 0.880 bits per heavy atom. The monoisotopic (exact) mass is 724 g/mol. The van der Waals surface area contributed by atoms with Crippen molar-refractivity contribution in [2.75, 3.05) is 13.1 Å². The Kier molecular flexibility index (Phi) is 10.8. The second kappa shape index (κ2) is 14.9. The molecule has 0 unspecified atom stereocenters. The zero-order chi connectivity index (χ0) is 36.2. The van der Waals surface area contributed by atoms with Crippen molar-refractivity contribution in [3.05, 3.63) is 131 Å². The fourth-order valence-electron chi connectivity index (χ4n) is 5.53. The average molecular weight is 725 g/mol. The number of halogens is 4. The van der Waals surface area contributed by atoms with Gasteiger partial charge in [0, 0.05) is 32.1 Å². The first-order chi connectivity index (χ1) is 23.7. The number of alkyl halides is 3. The quantitative estimate of drug-likeness (QED) is 0.145. The number of carboxylic acid groups (broad SMARTS) is 1. The van der Waals surface area contributed by atoms with E-state index in [0.717, 1.165) is 28.2 Å². The Morgan fingerprint density at radius 3 is 1.90 bits per heavy atom. The van der Waals surface area contributed by atoms with E-state index in [1.54, 1.807) is 24.3 Å². The molecule has 0 aliphatic heterocycles. The number of rotatable bonds is 12. The van der Waals surface area contributed by atoms with Crippen molar-refractivity contribution in [2.45, 2.75) is 30.5 Å². The molecule has 1 heterocycles. The molecule has 1 amide bonds. The summed E-state index contributed by atoms with van der Waals surface area (Å²) in [4.78, 5) is 27.6. The fourth-order valence-corrected chi connectivity index (χ4v) is 7.30. The number of sulfonamides is 1. The first-order valence-corrected chi connectivity index (χ1v) is 17.2. The van der Waals surface area contributed by atoms with Gasteiger partial charge in [-0.25, -0.2) is 17.9 Å². The number of hydrogen-bond donors (Lipinski definition) is 2. The summed E-state index contributed by atoms with van der Waals surface area (Å²) in [7, 11) is -2.70. The van der Waals surface area contributed by atoms with E-state index in [-0.39, 0.29) is 40.8 Å². The third kappa shape index (κ3) is 8.24. The lowest BCUT2D eigenvalue weighted by Crippen LogP contribution is -2.49. The van der Waals surface area contributed by atoms with Crippen LogP contribution in [-0.4, -0.2) is 59.2 Å². The van der Waals surface area contributed by atoms with Crippen LogP contribution in [0, 0.1) is 6.92 Å². The summed E-state index contributed by atoms with van der Waals surface area (Å²) in [6.07, 6.45) is -4.57. The van der Waals surface area contributed by atoms with E-state index in [1.165, 1.54) is 42.9 Å². The number of amides is 1. The first kappa shape index (κ1) is 36.3. The zero-order valence-corrected chi connectivity index (χ0v) is 28.4. The maximum absolute atomic E-state index is 14.0. The van der Waals surface area contributed by atoms with Crippen molar-refractivity contribution < 1.29 is 36.3 Å². The Bertz CT molecular complexity index is 2090. The van der Waals surface area contributed by atoms with Crippen LogP contribution in [0.1, 0.15) is 27.2 Å². The third-order valence-corrected chi connectivity index (χ3v) is 10.3. The topological polar surface area (TPSA) is 122 Å². The lowest BCUT2D eigenvalue weighted by Gasteiger charge is -2.29. The molecule has 50 heavy (non-hydrogen) atoms. The van der Waals surface area contributed by atoms with Gasteiger partial charge in [-0.15, -0.1) is 0 Å². The van der Waals surface area contributed by atoms with Gasteiger partial charge in [0.1, 0.15) is 16.1 Å². The number of nitrogens with one attached hydrogen (secondary N) is 1. The smallest absolute Gasteiger partial charge is 0.416 e. The third-order valence-electron chi connectivity index (χ3n) is 8.10. The van der Waals surface area contributed by atoms with Crippen LogP contribution >= 0.6 is 11.6 Å². The molecule has 1 aromatic heterocycles. The minimum Gasteiger partial charge on any atom is -0.480 e. The molecule has 5 rings (SSSR count). The van der Waals surface area contributed by atoms with Crippen LogP contribution in [0.2, 0.25) is 5.15 Å². The molecule has 0 fully saturated rings. The van der Waals surface area contributed by atoms with E-state index in [9.17, 15) is 36.3 Å². The van der Waals surface area contributed by atoms with Gasteiger partial charge in [0.2, 0.25) is 10.0 Å². The molecule has 1 atom stereocenters. The number of hydrogen-bond acceptors (Lipinski definition) is 5. The molecule has 260 valence electrons. The molecule has 0 aliphatic carbocycles. The van der Waals surface area contributed by atoms with Crippen LogP contribution in [-0.2, 0) is 34.5 Å². The number of carboxylic acids is 1. The molecule has 4 aromatic carbocycles. The molecule has 5 aromatic rings. The van der Waals surface area contributed by atoms with Gasteiger partial charge in [0.25, 0.3) is 5.91 Å². The largest absolute Gasteiger partial charge is 0.480 e. The highest BCUT2D eigenvalue weighted by Crippen LogP contribution is 2.31. The van der Waals surface area contributed by atoms with Crippen molar-refractivity contribution in [1.29, 1.82) is 0 Å². The predicted octanol–water partition coefficient (Wildman–Crippen LogP) is 6.85. The fraction of sp³-hybridized carbons (Fsp3) is 0.194. The van der Waals surface area contributed by atoms with Crippen molar-refractivity contribution in [2.24, 2.45) is 7.05 Å². The molecule has 0 saturated carbocycles. The zero-order valence-electron chi connectivity index (χ0n) is 26.9. The van der Waals surface area contributed by atoms with Crippen molar-refractivity contribution >= 4 is 33.5 Å². The molecule has 0 saturated heterocycles. The Labute approximate surface area is 292 Å². The summed E-state index contributed by atoms with van der Waals surface area (Å²) in [6.45, 7) is 0.807. The van der Waals surface area contributed by atoms with Crippen LogP contribution in [0.15, 0.2) is 108 Å². The number of carbonyl (C=O) groups is 2. The van der Waals surface area contributed by atoms with Gasteiger partial charge in [-0.1, -0.05) is 90.5 Å². The normalized spacial score (nSPS) is 12.4. The Balaban J connectivity index is 1.41. The molecule has 14 heteroatoms. The van der Waals surface area contributed by atoms with Crippen LogP contribution < -0.4 is 4.72 Å². The summed E-state index contributed by atoms with van der Waals surface area (Å²) in [6, 6.07) is 26.0. The lowest BCUT2D eigenvalue weighted by atomic mass is 9.99. The highest BCUT2D eigenvalue weighted by molar-refractivity contribution is 7.89. The maximum atomic E-state index is 14.0. The minimum absolute atomic E-state index is 0.0833. The lowest BCUT2D eigenvalue weighted by molar-refractivity contribution is -0.142. The Morgan fingerprint density at radius 2 is 1.40 bits per heavy atom. The van der Waals surface area contributed by atoms with Gasteiger partial charge in [-0.2, -0.15) is 18.3 Å². The van der Waals surface area contributed by atoms with Crippen molar-refractivity contribution in [3.63, 3.8) is 0 Å². The van der Waals surface area contributed by atoms with Gasteiger partial charge in [-0.3, -0.25) is 9.48 Å². The number of benzene rings is 4. The van der Waals surface area contributed by atoms with E-state index in [0.29, 0.717) is 16.7 Å². The highest BCUT2D eigenvalue weighted by atomic mass is 35.5. The summed E-state index contributed by atoms with van der Waals surface area (Å²) >= 11 is 6.18. The van der Waals surface area contributed by atoms with Crippen LogP contribution in [0.25, 0.3) is 22.3 Å². The molecule has 2 N–H and O–H groups in total. The summed E-state index contributed by atoms with van der Waals surface area (Å²) in [5.74, 6) is -1.99. The van der Waals surface area contributed by atoms with Gasteiger partial charge in [-0.05, 0) is 59.0 Å². The number of aliphatic carboxylic acids is 1. The van der Waals surface area contributed by atoms with E-state index < -0.39 is 39.7 Å². The van der Waals surface area contributed by atoms with Gasteiger partial charge in [0.15, 0.2) is 0 Å². The van der Waals surface area contributed by atoms with Gasteiger partial charge >= 0.3 is 12.1 Å². The SMILES string of the molecule is Cc1nn(C)c(Cl)c1S(=O)(=O)NCCN(C(=O)c1ccc(-c2ccc(C(F)(F)F)cc2)cc1)[C@@H](Cc1ccc(-c2ccccc2)cc1)C(=O)O. The van der Waals surface area contributed by atoms with Crippen LogP contribution in [0.3, 0.4) is 0 Å². The van der Waals surface area contributed by atoms with Crippen LogP contribution in [0.4, 0.5) is 13.2 Å². The van der Waals surface area contributed by atoms with Crippen molar-refractivity contribution in [1.82, 2.24) is 19.4 Å². The number of nitrogens with zero attached hydrogens (tertiary/aromatic N) is 3. The van der Waals surface area contributed by atoms with E-state index in [4.69, 9.17) is 11.6 Å². The average Bonchev–Trinajstić information content (AvgIpc) is 3.36. The number of aryl methyl sites for hydroxylation is 2. The number of aromatic nitrogens is 2. The molecule has 9 nitrogen and oxygen atoms in total. The molecular weight excluding hydrogens is 693 g/mol. The highest BCUT2D eigenvalue weighted by Gasteiger charge is 2.32. The standard InChI is InChI=1S/C36H32ClF3N4O5S/c1-23-32(33(37)43(2)42-23)50(48,49)41-20-21-44(31(35(46)47)22-24-8-10-26(11-9-24)25-6-4-3-5-7-25)34(45)29-14-12-27(13-15-29)28-16-18-30(19-17-28)36(38,39)40/h3-19,31,41H,20-22H2,1-2H3,(H,46,47)/t31-/m0/s1. The summed E-state index contributed by atoms with van der Waals surface area (Å²) in [5.41, 5.74) is 3.00. The molecule has 0 aliphatic rings. The second-order valence-corrected chi connectivity index (χ2v) is 13.6. The number of carbonyl (C=O) groups excluding carboxylic acids is 1. The van der Waals surface area contributed by atoms with Crippen molar-refractivity contribution in [3.8, 4) is 22.3 Å². The molecule has 0 radical (unpaired) electrons. The Hall–Kier alpha value is -4.98. The van der Waals surface area contributed by atoms with Crippen LogP contribution in [0.5, 0.6) is 0 Å². The first-order valence-electron chi connectivity index (χ1n) is 15.3. The van der Waals surface area contributed by atoms with Gasteiger partial charge in [0.05, 0.1) is 11.3 Å². The summed E-state index contributed by atoms with van der Waals surface area (Å²) in [5, 5.41) is 14.3. The summed E-state index contributed by atoms with van der Waals surface area (Å²) < 4.78 is 69.0. The molecule has 0 bridgehead atoms. The second-order valence-electron chi connectivity index (χ2n) is 11.5. The van der Waals surface area contributed by atoms with E-state index in [2.05, 4.69) is 9.82 Å². The minimum atomic E-state index is -4.49. The van der Waals surface area contributed by atoms with Gasteiger partial charge < -0.3 is 10.0 Å². The predicted molar refractivity (Wildman–Crippen MR) is 183 cm³/mol. The van der Waals surface area contributed by atoms with E-state index in [1.807, 2.05) is 42.5 Å². The maximum Gasteiger partial charge on any atom is 0.416 e.